The molecule has 404 valence electrons. The van der Waals surface area contributed by atoms with Gasteiger partial charge in [0.1, 0.15) is 6.04 Å². The van der Waals surface area contributed by atoms with E-state index in [4.69, 9.17) is 36.2 Å². The van der Waals surface area contributed by atoms with Gasteiger partial charge in [-0.25, -0.2) is 28.5 Å². The van der Waals surface area contributed by atoms with Crippen molar-refractivity contribution in [3.8, 4) is 34.8 Å². The maximum absolute atomic E-state index is 13.6. The third kappa shape index (κ3) is 11.1. The topological polar surface area (TPSA) is 312 Å². The fraction of sp³-hybridized carbons (Fsp3) is 0.179. The Labute approximate surface area is 459 Å². The highest BCUT2D eigenvalue weighted by molar-refractivity contribution is 7.99. The zero-order valence-corrected chi connectivity index (χ0v) is 43.6. The Morgan fingerprint density at radius 1 is 0.550 bits per heavy atom. The lowest BCUT2D eigenvalue weighted by Crippen LogP contribution is -2.43. The Balaban J connectivity index is 0.000000129. The van der Waals surface area contributed by atoms with Crippen LogP contribution in [0.4, 0.5) is 17.1 Å². The van der Waals surface area contributed by atoms with Crippen LogP contribution in [-0.2, 0) is 17.9 Å². The second kappa shape index (κ2) is 22.8. The SMILES string of the molecule is NC(=O)[C@H]1CCCN1C(=O)c1cc(N)c2nc(-c3ccco3)nn2c1.Nc1cc(C(=O)N(Cc2ccccc2)Cc2ccccc2)cn2nc(-c3ccco3)nc12.Nc1cc(C(=O)N2CCSCC2)cn2nc(-c3ccco3)nc12. The Bertz CT molecular complexity index is 3930. The van der Waals surface area contributed by atoms with E-state index in [-0.39, 0.29) is 17.7 Å². The molecule has 0 radical (unpaired) electrons. The molecule has 23 nitrogen and oxygen atoms in total. The van der Waals surface area contributed by atoms with Crippen molar-refractivity contribution < 1.29 is 32.4 Å². The third-order valence-corrected chi connectivity index (χ3v) is 14.2. The molecule has 4 amide bonds. The molecule has 0 saturated carbocycles. The van der Waals surface area contributed by atoms with Crippen LogP contribution in [0.15, 0.2) is 166 Å². The molecule has 11 heterocycles. The van der Waals surface area contributed by atoms with Gasteiger partial charge in [-0.15, -0.1) is 15.3 Å². The van der Waals surface area contributed by atoms with E-state index < -0.39 is 11.9 Å². The summed E-state index contributed by atoms with van der Waals surface area (Å²) in [4.78, 5) is 68.8. The summed E-state index contributed by atoms with van der Waals surface area (Å²) in [5.74, 6) is 3.82. The molecule has 9 aromatic heterocycles. The number of furan rings is 3. The zero-order valence-electron chi connectivity index (χ0n) is 42.8. The van der Waals surface area contributed by atoms with Crippen LogP contribution in [0.5, 0.6) is 0 Å². The number of nitrogens with zero attached hydrogens (tertiary/aromatic N) is 12. The molecule has 2 aliphatic heterocycles. The molecule has 0 unspecified atom stereocenters. The fourth-order valence-electron chi connectivity index (χ4n) is 9.33. The highest BCUT2D eigenvalue weighted by Gasteiger charge is 2.34. The first-order valence-electron chi connectivity index (χ1n) is 25.4. The number of benzene rings is 2. The lowest BCUT2D eigenvalue weighted by Gasteiger charge is -2.26. The van der Waals surface area contributed by atoms with Gasteiger partial charge in [-0.1, -0.05) is 60.7 Å². The molecule has 13 rings (SSSR count). The first-order chi connectivity index (χ1) is 38.9. The number of aromatic nitrogens is 9. The van der Waals surface area contributed by atoms with Gasteiger partial charge < -0.3 is 50.9 Å². The van der Waals surface area contributed by atoms with Gasteiger partial charge >= 0.3 is 0 Å². The number of thioether (sulfide) groups is 1. The van der Waals surface area contributed by atoms with E-state index in [1.807, 2.05) is 77.3 Å². The molecule has 2 aromatic carbocycles. The highest BCUT2D eigenvalue weighted by atomic mass is 32.2. The smallest absolute Gasteiger partial charge is 0.256 e. The number of anilines is 3. The van der Waals surface area contributed by atoms with Gasteiger partial charge in [0.2, 0.25) is 23.4 Å². The number of nitrogen functional groups attached to an aromatic ring is 3. The number of primary amides is 1. The van der Waals surface area contributed by atoms with Crippen LogP contribution in [-0.4, -0.2) is 119 Å². The third-order valence-electron chi connectivity index (χ3n) is 13.2. The molecule has 2 saturated heterocycles. The van der Waals surface area contributed by atoms with Crippen molar-refractivity contribution >= 4 is 69.4 Å². The van der Waals surface area contributed by atoms with Gasteiger partial charge in [-0.2, -0.15) is 11.8 Å². The highest BCUT2D eigenvalue weighted by Crippen LogP contribution is 2.27. The van der Waals surface area contributed by atoms with E-state index >= 15 is 0 Å². The number of hydrogen-bond donors (Lipinski definition) is 4. The van der Waals surface area contributed by atoms with Crippen LogP contribution in [0.3, 0.4) is 0 Å². The second-order valence-electron chi connectivity index (χ2n) is 18.7. The van der Waals surface area contributed by atoms with Crippen molar-refractivity contribution in [1.82, 2.24) is 58.5 Å². The van der Waals surface area contributed by atoms with Crippen molar-refractivity contribution in [2.45, 2.75) is 32.0 Å². The zero-order chi connectivity index (χ0) is 55.3. The molecule has 0 spiro atoms. The van der Waals surface area contributed by atoms with E-state index in [1.54, 1.807) is 89.1 Å². The quantitative estimate of drug-likeness (QED) is 0.103. The maximum atomic E-state index is 13.6. The lowest BCUT2D eigenvalue weighted by molar-refractivity contribution is -0.121. The van der Waals surface area contributed by atoms with Gasteiger partial charge in [-0.05, 0) is 78.6 Å². The summed E-state index contributed by atoms with van der Waals surface area (Å²) < 4.78 is 20.5. The average Bonchev–Trinajstić information content (AvgIpc) is 4.37. The predicted molar refractivity (Wildman–Crippen MR) is 298 cm³/mol. The summed E-state index contributed by atoms with van der Waals surface area (Å²) in [5.41, 5.74) is 29.7. The first kappa shape index (κ1) is 51.9. The molecule has 2 fully saturated rings. The maximum Gasteiger partial charge on any atom is 0.256 e. The number of fused-ring (bicyclic) bond motifs is 3. The van der Waals surface area contributed by atoms with Crippen LogP contribution in [0.1, 0.15) is 55.0 Å². The number of hydrogen-bond acceptors (Lipinski definition) is 17. The van der Waals surface area contributed by atoms with E-state index in [1.165, 1.54) is 26.3 Å². The fourth-order valence-corrected chi connectivity index (χ4v) is 10.2. The van der Waals surface area contributed by atoms with E-state index in [0.29, 0.717) is 112 Å². The minimum Gasteiger partial charge on any atom is -0.461 e. The molecular formula is C56H52N16O7S. The Hall–Kier alpha value is -10.2. The minimum atomic E-state index is -0.584. The number of likely N-dealkylation sites (tertiary alicyclic amines) is 1. The predicted octanol–water partition coefficient (Wildman–Crippen LogP) is 6.84. The number of carbonyl (C=O) groups excluding carboxylic acids is 4. The normalized spacial score (nSPS) is 14.2. The van der Waals surface area contributed by atoms with Crippen LogP contribution >= 0.6 is 11.8 Å². The summed E-state index contributed by atoms with van der Waals surface area (Å²) in [6, 6.07) is 34.7. The molecule has 8 N–H and O–H groups in total. The monoisotopic (exact) mass is 1090 g/mol. The van der Waals surface area contributed by atoms with Crippen LogP contribution in [0.25, 0.3) is 51.7 Å². The van der Waals surface area contributed by atoms with Crippen molar-refractivity contribution in [2.24, 2.45) is 5.73 Å². The molecule has 80 heavy (non-hydrogen) atoms. The number of amides is 4. The van der Waals surface area contributed by atoms with Crippen LogP contribution in [0, 0.1) is 0 Å². The van der Waals surface area contributed by atoms with Crippen LogP contribution in [0.2, 0.25) is 0 Å². The molecule has 0 aliphatic carbocycles. The van der Waals surface area contributed by atoms with Gasteiger partial charge in [-0.3, -0.25) is 19.2 Å². The molecule has 11 aromatic rings. The number of rotatable bonds is 11. The van der Waals surface area contributed by atoms with E-state index in [2.05, 4.69) is 30.2 Å². The van der Waals surface area contributed by atoms with Gasteiger partial charge in [0.05, 0.1) is 52.5 Å². The van der Waals surface area contributed by atoms with Crippen molar-refractivity contribution in [1.29, 1.82) is 0 Å². The average molecular weight is 1090 g/mol. The molecule has 0 bridgehead atoms. The van der Waals surface area contributed by atoms with Gasteiger partial charge in [0.25, 0.3) is 17.7 Å². The van der Waals surface area contributed by atoms with Gasteiger partial charge in [0.15, 0.2) is 34.2 Å². The Morgan fingerprint density at radius 2 is 0.975 bits per heavy atom. The van der Waals surface area contributed by atoms with Gasteiger partial charge in [0, 0.05) is 62.8 Å². The standard InChI is InChI=1S/C25H21N5O2.C16H16N6O3.C15H15N5O2S/c26-21-14-20(17-30-24(21)27-23(28-30)22-12-7-13-32-22)25(31)29(15-18-8-3-1-4-9-18)16-19-10-5-2-6-11-19;17-10-7-9(16(24)21-5-1-3-11(21)13(18)23)8-22-15(10)19-14(20-22)12-4-2-6-25-12;16-11-8-10(15(21)19-3-6-23-7-4-19)9-20-14(11)17-13(18-20)12-2-1-5-22-12/h1-14,17H,15-16,26H2;2,4,6-8,11H,1,3,5,17H2,(H2,18,23);1-2,5,8-9H,3-4,6-7,16H2/t;11-;/m.1./s1. The van der Waals surface area contributed by atoms with Crippen molar-refractivity contribution in [2.75, 3.05) is 48.3 Å². The number of pyridine rings is 3. The Morgan fingerprint density at radius 3 is 1.40 bits per heavy atom. The first-order valence-corrected chi connectivity index (χ1v) is 26.5. The lowest BCUT2D eigenvalue weighted by atomic mass is 10.1. The number of nitrogens with two attached hydrogens (primary N) is 4. The summed E-state index contributed by atoms with van der Waals surface area (Å²) in [6.07, 6.45) is 10.8. The molecule has 2 aliphatic rings. The summed E-state index contributed by atoms with van der Waals surface area (Å²) >= 11 is 1.86. The molecule has 1 atom stereocenters. The minimum absolute atomic E-state index is 0.0195. The van der Waals surface area contributed by atoms with Crippen molar-refractivity contribution in [3.05, 3.63) is 180 Å². The second-order valence-corrected chi connectivity index (χ2v) is 19.9. The summed E-state index contributed by atoms with van der Waals surface area (Å²) in [5, 5.41) is 13.1. The Kier molecular flexibility index (Phi) is 14.8. The summed E-state index contributed by atoms with van der Waals surface area (Å²) in [7, 11) is 0. The van der Waals surface area contributed by atoms with E-state index in [0.717, 1.165) is 42.1 Å². The van der Waals surface area contributed by atoms with Crippen LogP contribution < -0.4 is 22.9 Å². The largest absolute Gasteiger partial charge is 0.461 e. The van der Waals surface area contributed by atoms with Crippen molar-refractivity contribution in [3.63, 3.8) is 0 Å². The molecule has 24 heteroatoms. The molecular weight excluding hydrogens is 1040 g/mol. The number of carbonyl (C=O) groups is 4. The summed E-state index contributed by atoms with van der Waals surface area (Å²) in [6.45, 7) is 2.95. The van der Waals surface area contributed by atoms with E-state index in [9.17, 15) is 19.2 Å².